The van der Waals surface area contributed by atoms with Gasteiger partial charge in [-0.05, 0) is 44.3 Å². The minimum Gasteiger partial charge on any atom is -0.405 e. The highest BCUT2D eigenvalue weighted by Gasteiger charge is 2.26. The fraction of sp³-hybridized carbons (Fsp3) is 0.333. The lowest BCUT2D eigenvalue weighted by Gasteiger charge is -2.22. The van der Waals surface area contributed by atoms with Gasteiger partial charge in [-0.25, -0.2) is 0 Å². The molecule has 0 aliphatic carbocycles. The Morgan fingerprint density at radius 3 is 1.81 bits per heavy atom. The molecule has 0 unspecified atom stereocenters. The van der Waals surface area contributed by atoms with Crippen molar-refractivity contribution in [3.63, 3.8) is 0 Å². The molecule has 2 aromatic carbocycles. The van der Waals surface area contributed by atoms with Crippen LogP contribution in [0.2, 0.25) is 0 Å². The zero-order valence-electron chi connectivity index (χ0n) is 13.2. The predicted molar refractivity (Wildman–Crippen MR) is 89.7 cm³/mol. The van der Waals surface area contributed by atoms with E-state index in [1.807, 2.05) is 58.0 Å². The Balaban J connectivity index is 2.40. The van der Waals surface area contributed by atoms with Crippen molar-refractivity contribution in [2.24, 2.45) is 0 Å². The fourth-order valence-corrected chi connectivity index (χ4v) is 2.26. The monoisotopic (exact) mass is 282 g/mol. The lowest BCUT2D eigenvalue weighted by molar-refractivity contribution is 0.139. The number of benzene rings is 2. The molecule has 21 heavy (non-hydrogen) atoms. The highest BCUT2D eigenvalue weighted by molar-refractivity contribution is 6.63. The Morgan fingerprint density at radius 2 is 1.24 bits per heavy atom. The van der Waals surface area contributed by atoms with Gasteiger partial charge in [0, 0.05) is 12.2 Å². The van der Waals surface area contributed by atoms with Gasteiger partial charge >= 0.3 is 7.12 Å². The van der Waals surface area contributed by atoms with Crippen molar-refractivity contribution >= 4 is 12.6 Å². The molecule has 0 atom stereocenters. The molecule has 0 aliphatic heterocycles. The summed E-state index contributed by atoms with van der Waals surface area (Å²) < 4.78 is 12.0. The maximum absolute atomic E-state index is 5.99. The van der Waals surface area contributed by atoms with E-state index in [0.717, 1.165) is 11.0 Å². The van der Waals surface area contributed by atoms with E-state index < -0.39 is 0 Å². The second-order valence-electron chi connectivity index (χ2n) is 5.65. The van der Waals surface area contributed by atoms with Crippen LogP contribution in [0.5, 0.6) is 0 Å². The summed E-state index contributed by atoms with van der Waals surface area (Å²) in [4.78, 5) is 0. The zero-order chi connectivity index (χ0) is 15.2. The molecule has 2 nitrogen and oxygen atoms in total. The van der Waals surface area contributed by atoms with Crippen LogP contribution in [0, 0.1) is 0 Å². The summed E-state index contributed by atoms with van der Waals surface area (Å²) in [6.45, 7) is 8.12. The molecule has 0 radical (unpaired) electrons. The van der Waals surface area contributed by atoms with E-state index in [4.69, 9.17) is 9.31 Å². The standard InChI is InChI=1S/C18H23BO2/c1-14(2)20-19(21-15(3)4)18-13-9-8-12-17(18)16-10-6-5-7-11-16/h5-15H,1-4H3. The van der Waals surface area contributed by atoms with Crippen LogP contribution in [0.25, 0.3) is 11.1 Å². The van der Waals surface area contributed by atoms with Crippen molar-refractivity contribution in [3.05, 3.63) is 54.6 Å². The van der Waals surface area contributed by atoms with Crippen LogP contribution in [0.1, 0.15) is 27.7 Å². The maximum Gasteiger partial charge on any atom is 0.494 e. The lowest BCUT2D eigenvalue weighted by Crippen LogP contribution is -2.41. The van der Waals surface area contributed by atoms with Crippen LogP contribution < -0.4 is 5.46 Å². The van der Waals surface area contributed by atoms with E-state index in [-0.39, 0.29) is 19.3 Å². The predicted octanol–water partition coefficient (Wildman–Crippen LogP) is 3.90. The van der Waals surface area contributed by atoms with Crippen molar-refractivity contribution in [2.75, 3.05) is 0 Å². The van der Waals surface area contributed by atoms with Crippen LogP contribution in [-0.2, 0) is 9.31 Å². The van der Waals surface area contributed by atoms with Gasteiger partial charge in [0.2, 0.25) is 0 Å². The minimum atomic E-state index is -0.346. The number of rotatable bonds is 6. The Bertz CT molecular complexity index is 542. The fourth-order valence-electron chi connectivity index (χ4n) is 2.26. The third-order valence-electron chi connectivity index (χ3n) is 3.09. The molecule has 0 N–H and O–H groups in total. The molecule has 0 aliphatic rings. The van der Waals surface area contributed by atoms with Crippen LogP contribution >= 0.6 is 0 Å². The van der Waals surface area contributed by atoms with E-state index in [2.05, 4.69) is 24.3 Å². The molecular weight excluding hydrogens is 259 g/mol. The van der Waals surface area contributed by atoms with Gasteiger partial charge in [-0.2, -0.15) is 0 Å². The third kappa shape index (κ3) is 4.45. The second kappa shape index (κ2) is 7.44. The summed E-state index contributed by atoms with van der Waals surface area (Å²) in [7, 11) is -0.346. The first kappa shape index (κ1) is 15.8. The van der Waals surface area contributed by atoms with Gasteiger partial charge in [0.1, 0.15) is 0 Å². The Labute approximate surface area is 128 Å². The van der Waals surface area contributed by atoms with Gasteiger partial charge in [0.15, 0.2) is 0 Å². The summed E-state index contributed by atoms with van der Waals surface area (Å²) in [5.41, 5.74) is 3.41. The molecule has 0 amide bonds. The lowest BCUT2D eigenvalue weighted by atomic mass is 9.73. The molecule has 0 saturated carbocycles. The van der Waals surface area contributed by atoms with Gasteiger partial charge in [0.05, 0.1) is 0 Å². The molecule has 2 rings (SSSR count). The summed E-state index contributed by atoms with van der Waals surface area (Å²) in [6, 6.07) is 18.6. The molecule has 0 bridgehead atoms. The van der Waals surface area contributed by atoms with E-state index in [1.165, 1.54) is 5.56 Å². The van der Waals surface area contributed by atoms with E-state index in [1.54, 1.807) is 0 Å². The molecule has 3 heteroatoms. The smallest absolute Gasteiger partial charge is 0.405 e. The van der Waals surface area contributed by atoms with Crippen LogP contribution in [0.4, 0.5) is 0 Å². The number of hydrogen-bond donors (Lipinski definition) is 0. The summed E-state index contributed by atoms with van der Waals surface area (Å²) in [5.74, 6) is 0. The second-order valence-corrected chi connectivity index (χ2v) is 5.65. The van der Waals surface area contributed by atoms with E-state index >= 15 is 0 Å². The molecule has 0 fully saturated rings. The first-order chi connectivity index (χ1) is 10.1. The molecule has 0 heterocycles. The highest BCUT2D eigenvalue weighted by Crippen LogP contribution is 2.18. The Hall–Kier alpha value is -1.58. The van der Waals surface area contributed by atoms with Gasteiger partial charge in [-0.1, -0.05) is 54.6 Å². The van der Waals surface area contributed by atoms with Gasteiger partial charge in [0.25, 0.3) is 0 Å². The zero-order valence-corrected chi connectivity index (χ0v) is 13.2. The largest absolute Gasteiger partial charge is 0.494 e. The molecule has 0 spiro atoms. The molecule has 0 aromatic heterocycles. The molecule has 110 valence electrons. The summed E-state index contributed by atoms with van der Waals surface area (Å²) in [5, 5.41) is 0. The third-order valence-corrected chi connectivity index (χ3v) is 3.09. The minimum absolute atomic E-state index is 0.109. The van der Waals surface area contributed by atoms with Crippen LogP contribution in [0.3, 0.4) is 0 Å². The Morgan fingerprint density at radius 1 is 0.714 bits per heavy atom. The van der Waals surface area contributed by atoms with E-state index in [9.17, 15) is 0 Å². The van der Waals surface area contributed by atoms with Crippen molar-refractivity contribution in [1.82, 2.24) is 0 Å². The first-order valence-corrected chi connectivity index (χ1v) is 7.53. The molecule has 0 saturated heterocycles. The average molecular weight is 282 g/mol. The quantitative estimate of drug-likeness (QED) is 0.748. The summed E-state index contributed by atoms with van der Waals surface area (Å²) in [6.07, 6.45) is 0.218. The molecular formula is C18H23BO2. The first-order valence-electron chi connectivity index (χ1n) is 7.53. The SMILES string of the molecule is CC(C)OB(OC(C)C)c1ccccc1-c1ccccc1. The van der Waals surface area contributed by atoms with Crippen molar-refractivity contribution in [3.8, 4) is 11.1 Å². The van der Waals surface area contributed by atoms with Gasteiger partial charge in [-0.15, -0.1) is 0 Å². The summed E-state index contributed by atoms with van der Waals surface area (Å²) >= 11 is 0. The van der Waals surface area contributed by atoms with Crippen LogP contribution in [-0.4, -0.2) is 19.3 Å². The average Bonchev–Trinajstić information content (AvgIpc) is 2.46. The molecule has 2 aromatic rings. The topological polar surface area (TPSA) is 18.5 Å². The number of hydrogen-bond acceptors (Lipinski definition) is 2. The van der Waals surface area contributed by atoms with E-state index in [0.29, 0.717) is 0 Å². The van der Waals surface area contributed by atoms with Crippen molar-refractivity contribution < 1.29 is 9.31 Å². The van der Waals surface area contributed by atoms with Gasteiger partial charge < -0.3 is 9.31 Å². The van der Waals surface area contributed by atoms with Crippen molar-refractivity contribution in [2.45, 2.75) is 39.9 Å². The highest BCUT2D eigenvalue weighted by atomic mass is 16.6. The van der Waals surface area contributed by atoms with Crippen LogP contribution in [0.15, 0.2) is 54.6 Å². The normalized spacial score (nSPS) is 11.1. The van der Waals surface area contributed by atoms with Gasteiger partial charge in [-0.3, -0.25) is 0 Å². The van der Waals surface area contributed by atoms with Crippen molar-refractivity contribution in [1.29, 1.82) is 0 Å². The maximum atomic E-state index is 5.99. The Kier molecular flexibility index (Phi) is 5.60.